The van der Waals surface area contributed by atoms with Crippen molar-refractivity contribution in [2.75, 3.05) is 12.4 Å². The third-order valence-electron chi connectivity index (χ3n) is 1.17. The van der Waals surface area contributed by atoms with E-state index >= 15 is 0 Å². The molecule has 0 atom stereocenters. The van der Waals surface area contributed by atoms with Crippen molar-refractivity contribution >= 4 is 29.1 Å². The number of aromatic nitrogens is 1. The van der Waals surface area contributed by atoms with Crippen molar-refractivity contribution in [2.45, 2.75) is 0 Å². The molecule has 0 aliphatic heterocycles. The van der Waals surface area contributed by atoms with Crippen LogP contribution in [0.2, 0.25) is 0 Å². The maximum absolute atomic E-state index is 11.1. The fourth-order valence-electron chi connectivity index (χ4n) is 0.528. The van der Waals surface area contributed by atoms with E-state index in [9.17, 15) is 4.79 Å². The average Bonchev–Trinajstić information content (AvgIpc) is 2.55. The van der Waals surface area contributed by atoms with Gasteiger partial charge < -0.3 is 0 Å². The van der Waals surface area contributed by atoms with Gasteiger partial charge in [-0.05, 0) is 0 Å². The Labute approximate surface area is 73.7 Å². The first-order valence-electron chi connectivity index (χ1n) is 3.14. The highest BCUT2D eigenvalue weighted by Crippen LogP contribution is 2.12. The van der Waals surface area contributed by atoms with Crippen LogP contribution < -0.4 is 5.32 Å². The molecule has 1 aromatic rings. The summed E-state index contributed by atoms with van der Waals surface area (Å²) in [7, 11) is 1.52. The lowest BCUT2D eigenvalue weighted by atomic mass is 10.8. The Morgan fingerprint density at radius 1 is 1.92 bits per heavy atom. The first-order valence-corrected chi connectivity index (χ1v) is 4.02. The predicted molar refractivity (Wildman–Crippen MR) is 48.4 cm³/mol. The summed E-state index contributed by atoms with van der Waals surface area (Å²) in [6, 6.07) is -0.325. The van der Waals surface area contributed by atoms with Gasteiger partial charge in [-0.3, -0.25) is 10.3 Å². The minimum atomic E-state index is -0.325. The molecular weight excluding hydrogens is 176 g/mol. The van der Waals surface area contributed by atoms with E-state index in [4.69, 9.17) is 0 Å². The average molecular weight is 184 g/mol. The summed E-state index contributed by atoms with van der Waals surface area (Å²) in [5.74, 6) is 0. The summed E-state index contributed by atoms with van der Waals surface area (Å²) < 4.78 is 0. The van der Waals surface area contributed by atoms with Crippen molar-refractivity contribution in [1.82, 2.24) is 9.99 Å². The molecule has 0 aliphatic carbocycles. The van der Waals surface area contributed by atoms with E-state index in [1.165, 1.54) is 18.4 Å². The zero-order valence-electron chi connectivity index (χ0n) is 6.52. The lowest BCUT2D eigenvalue weighted by molar-refractivity contribution is 0.225. The number of nitrogens with zero attached hydrogens (tertiary/aromatic N) is 3. The second-order valence-corrected chi connectivity index (χ2v) is 2.85. The van der Waals surface area contributed by atoms with Crippen LogP contribution in [-0.2, 0) is 0 Å². The normalized spacial score (nSPS) is 9.08. The summed E-state index contributed by atoms with van der Waals surface area (Å²) >= 11 is 1.35. The van der Waals surface area contributed by atoms with Gasteiger partial charge in [0.05, 0.1) is 11.7 Å². The Kier molecular flexibility index (Phi) is 2.76. The Hall–Kier alpha value is -1.43. The lowest BCUT2D eigenvalue weighted by Crippen LogP contribution is -2.25. The topological polar surface area (TPSA) is 57.6 Å². The summed E-state index contributed by atoms with van der Waals surface area (Å²) in [5, 5.41) is 7.81. The number of urea groups is 1. The highest BCUT2D eigenvalue weighted by molar-refractivity contribution is 7.13. The van der Waals surface area contributed by atoms with Crippen LogP contribution in [0, 0.1) is 0 Å². The van der Waals surface area contributed by atoms with Crippen LogP contribution in [0.5, 0.6) is 0 Å². The fraction of sp³-hybridized carbons (Fsp3) is 0.167. The molecule has 6 heteroatoms. The molecule has 0 fully saturated rings. The molecule has 0 saturated carbocycles. The van der Waals surface area contributed by atoms with Crippen molar-refractivity contribution in [2.24, 2.45) is 5.10 Å². The molecule has 12 heavy (non-hydrogen) atoms. The second-order valence-electron chi connectivity index (χ2n) is 1.96. The quantitative estimate of drug-likeness (QED) is 0.555. The van der Waals surface area contributed by atoms with Crippen LogP contribution in [0.15, 0.2) is 16.8 Å². The van der Waals surface area contributed by atoms with Crippen LogP contribution in [0.3, 0.4) is 0 Å². The molecule has 1 N–H and O–H groups in total. The number of rotatable bonds is 2. The minimum absolute atomic E-state index is 0.325. The number of hydrogen-bond acceptors (Lipinski definition) is 4. The molecule has 0 bridgehead atoms. The Bertz CT molecular complexity index is 271. The lowest BCUT2D eigenvalue weighted by Gasteiger charge is -2.09. The van der Waals surface area contributed by atoms with Crippen LogP contribution in [0.4, 0.5) is 9.80 Å². The van der Waals surface area contributed by atoms with E-state index < -0.39 is 0 Å². The van der Waals surface area contributed by atoms with Crippen molar-refractivity contribution in [3.05, 3.63) is 11.7 Å². The molecule has 0 aliphatic rings. The molecule has 1 rings (SSSR count). The number of amides is 2. The van der Waals surface area contributed by atoms with Crippen molar-refractivity contribution in [1.29, 1.82) is 0 Å². The largest absolute Gasteiger partial charge is 0.342 e. The van der Waals surface area contributed by atoms with Crippen molar-refractivity contribution in [3.63, 3.8) is 0 Å². The maximum atomic E-state index is 11.1. The van der Waals surface area contributed by atoms with Crippen molar-refractivity contribution < 1.29 is 4.79 Å². The third-order valence-corrected chi connectivity index (χ3v) is 1.86. The van der Waals surface area contributed by atoms with Crippen LogP contribution in [0.25, 0.3) is 0 Å². The zero-order valence-corrected chi connectivity index (χ0v) is 7.34. The van der Waals surface area contributed by atoms with E-state index in [2.05, 4.69) is 22.1 Å². The van der Waals surface area contributed by atoms with Gasteiger partial charge in [0.2, 0.25) is 0 Å². The van der Waals surface area contributed by atoms with Gasteiger partial charge in [0.25, 0.3) is 0 Å². The maximum Gasteiger partial charge on any atom is 0.342 e. The van der Waals surface area contributed by atoms with E-state index in [0.29, 0.717) is 5.00 Å². The summed E-state index contributed by atoms with van der Waals surface area (Å²) in [6.07, 6.45) is 1.57. The molecule has 2 amide bonds. The van der Waals surface area contributed by atoms with E-state index in [0.717, 1.165) is 5.01 Å². The van der Waals surface area contributed by atoms with E-state index in [1.54, 1.807) is 11.7 Å². The van der Waals surface area contributed by atoms with Gasteiger partial charge in [-0.15, -0.1) is 11.3 Å². The number of anilines is 1. The number of nitrogens with one attached hydrogen (secondary N) is 1. The van der Waals surface area contributed by atoms with E-state index in [1.807, 2.05) is 0 Å². The number of hydrogen-bond donors (Lipinski definition) is 1. The van der Waals surface area contributed by atoms with Crippen LogP contribution >= 0.6 is 11.3 Å². The first kappa shape index (κ1) is 8.66. The molecule has 64 valence electrons. The molecule has 1 heterocycles. The number of hydrazone groups is 1. The SMILES string of the molecule is C=NN(C)C(=O)Nc1cncs1. The van der Waals surface area contributed by atoms with Gasteiger partial charge >= 0.3 is 6.03 Å². The van der Waals surface area contributed by atoms with Crippen molar-refractivity contribution in [3.8, 4) is 0 Å². The number of carbonyl (C=O) groups excluding carboxylic acids is 1. The van der Waals surface area contributed by atoms with Crippen LogP contribution in [-0.4, -0.2) is 29.8 Å². The van der Waals surface area contributed by atoms with Gasteiger partial charge in [-0.1, -0.05) is 0 Å². The van der Waals surface area contributed by atoms with E-state index in [-0.39, 0.29) is 6.03 Å². The van der Waals surface area contributed by atoms with Gasteiger partial charge in [0.15, 0.2) is 0 Å². The monoisotopic (exact) mass is 184 g/mol. The molecule has 0 radical (unpaired) electrons. The standard InChI is InChI=1S/C6H8N4OS/c1-7-10(2)6(11)9-5-3-8-4-12-5/h3-4H,1H2,2H3,(H,9,11). The fourth-order valence-corrected chi connectivity index (χ4v) is 1.03. The third kappa shape index (κ3) is 2.03. The Balaban J connectivity index is 2.53. The Morgan fingerprint density at radius 2 is 2.67 bits per heavy atom. The summed E-state index contributed by atoms with van der Waals surface area (Å²) in [6.45, 7) is 3.21. The van der Waals surface area contributed by atoms with Crippen LogP contribution in [0.1, 0.15) is 0 Å². The second kappa shape index (κ2) is 3.82. The summed E-state index contributed by atoms with van der Waals surface area (Å²) in [5.41, 5.74) is 1.64. The van der Waals surface area contributed by atoms with Gasteiger partial charge in [-0.25, -0.2) is 9.80 Å². The molecule has 0 aromatic carbocycles. The number of thiazole rings is 1. The molecule has 1 aromatic heterocycles. The molecule has 0 spiro atoms. The molecule has 5 nitrogen and oxygen atoms in total. The first-order chi connectivity index (χ1) is 5.74. The number of carbonyl (C=O) groups is 1. The molecule has 0 unspecified atom stereocenters. The van der Waals surface area contributed by atoms with Gasteiger partial charge in [-0.2, -0.15) is 5.10 Å². The Morgan fingerprint density at radius 3 is 3.17 bits per heavy atom. The zero-order chi connectivity index (χ0) is 8.97. The van der Waals surface area contributed by atoms with Gasteiger partial charge in [0, 0.05) is 13.8 Å². The minimum Gasteiger partial charge on any atom is -0.296 e. The summed E-state index contributed by atoms with van der Waals surface area (Å²) in [4.78, 5) is 14.9. The highest BCUT2D eigenvalue weighted by atomic mass is 32.1. The smallest absolute Gasteiger partial charge is 0.296 e. The molecule has 0 saturated heterocycles. The molecular formula is C6H8N4OS. The predicted octanol–water partition coefficient (Wildman–Crippen LogP) is 1.22. The van der Waals surface area contributed by atoms with Gasteiger partial charge in [0.1, 0.15) is 5.00 Å². The highest BCUT2D eigenvalue weighted by Gasteiger charge is 2.06.